The third-order valence-electron chi connectivity index (χ3n) is 4.68. The smallest absolute Gasteiger partial charge is 0.251 e. The minimum atomic E-state index is -0.105. The predicted molar refractivity (Wildman–Crippen MR) is 109 cm³/mol. The standard InChI is InChI=1S/C20H23ClN2O2S/c1-23-17-11-15(21)7-8-16(17)18(12-20(23)25)26-13-19(24)22-10-9-14-5-3-2-4-6-14/h5,7-8,11-12H,2-4,6,9-10,13H2,1H3,(H,22,24). The zero-order chi connectivity index (χ0) is 18.5. The zero-order valence-electron chi connectivity index (χ0n) is 14.9. The SMILES string of the molecule is Cn1c(=O)cc(SCC(=O)NCCC2=CCCCC2)c2ccc(Cl)cc21. The molecule has 1 amide bonds. The van der Waals surface area contributed by atoms with Gasteiger partial charge in [0.05, 0.1) is 11.3 Å². The molecule has 0 saturated heterocycles. The van der Waals surface area contributed by atoms with Crippen LogP contribution in [0.5, 0.6) is 0 Å². The van der Waals surface area contributed by atoms with E-state index in [9.17, 15) is 9.59 Å². The van der Waals surface area contributed by atoms with Crippen LogP contribution in [-0.4, -0.2) is 22.8 Å². The molecule has 3 rings (SSSR count). The first kappa shape index (κ1) is 19.1. The molecule has 0 atom stereocenters. The predicted octanol–water partition coefficient (Wildman–Crippen LogP) is 4.29. The van der Waals surface area contributed by atoms with E-state index in [-0.39, 0.29) is 11.5 Å². The van der Waals surface area contributed by atoms with Gasteiger partial charge in [-0.05, 0) is 44.2 Å². The Labute approximate surface area is 162 Å². The van der Waals surface area contributed by atoms with Crippen molar-refractivity contribution in [1.29, 1.82) is 0 Å². The van der Waals surface area contributed by atoms with Gasteiger partial charge >= 0.3 is 0 Å². The summed E-state index contributed by atoms with van der Waals surface area (Å²) in [5.41, 5.74) is 2.13. The Morgan fingerprint density at radius 1 is 1.31 bits per heavy atom. The molecule has 6 heteroatoms. The molecule has 0 bridgehead atoms. The maximum atomic E-state index is 12.2. The molecule has 0 unspecified atom stereocenters. The number of benzene rings is 1. The van der Waals surface area contributed by atoms with Crippen LogP contribution in [0, 0.1) is 0 Å². The Balaban J connectivity index is 1.60. The van der Waals surface area contributed by atoms with E-state index in [1.54, 1.807) is 29.8 Å². The summed E-state index contributed by atoms with van der Waals surface area (Å²) in [5.74, 6) is 0.290. The van der Waals surface area contributed by atoms with E-state index < -0.39 is 0 Å². The van der Waals surface area contributed by atoms with Crippen molar-refractivity contribution in [3.63, 3.8) is 0 Å². The monoisotopic (exact) mass is 390 g/mol. The normalized spacial score (nSPS) is 14.3. The molecule has 26 heavy (non-hydrogen) atoms. The van der Waals surface area contributed by atoms with Crippen LogP contribution in [0.3, 0.4) is 0 Å². The van der Waals surface area contributed by atoms with Gasteiger partial charge in [0.25, 0.3) is 5.56 Å². The van der Waals surface area contributed by atoms with Crippen LogP contribution in [0.15, 0.2) is 45.6 Å². The molecular formula is C20H23ClN2O2S. The molecule has 1 aliphatic carbocycles. The van der Waals surface area contributed by atoms with Gasteiger partial charge in [-0.25, -0.2) is 0 Å². The van der Waals surface area contributed by atoms with Crippen LogP contribution in [0.1, 0.15) is 32.1 Å². The van der Waals surface area contributed by atoms with Crippen LogP contribution < -0.4 is 10.9 Å². The number of pyridine rings is 1. The van der Waals surface area contributed by atoms with Crippen molar-refractivity contribution in [3.05, 3.63) is 51.3 Å². The number of rotatable bonds is 6. The van der Waals surface area contributed by atoms with E-state index in [2.05, 4.69) is 11.4 Å². The van der Waals surface area contributed by atoms with Gasteiger partial charge in [-0.3, -0.25) is 9.59 Å². The second-order valence-electron chi connectivity index (χ2n) is 6.56. The topological polar surface area (TPSA) is 51.1 Å². The first-order chi connectivity index (χ1) is 12.5. The Hall–Kier alpha value is -1.72. The van der Waals surface area contributed by atoms with E-state index in [1.165, 1.54) is 36.6 Å². The number of carbonyl (C=O) groups is 1. The zero-order valence-corrected chi connectivity index (χ0v) is 16.5. The highest BCUT2D eigenvalue weighted by Gasteiger charge is 2.10. The van der Waals surface area contributed by atoms with Gasteiger partial charge in [0.15, 0.2) is 0 Å². The van der Waals surface area contributed by atoms with Gasteiger partial charge < -0.3 is 9.88 Å². The number of nitrogens with one attached hydrogen (secondary N) is 1. The van der Waals surface area contributed by atoms with Crippen LogP contribution in [0.25, 0.3) is 10.9 Å². The van der Waals surface area contributed by atoms with Gasteiger partial charge in [-0.1, -0.05) is 29.3 Å². The molecule has 4 nitrogen and oxygen atoms in total. The lowest BCUT2D eigenvalue weighted by atomic mass is 9.97. The molecule has 1 N–H and O–H groups in total. The van der Waals surface area contributed by atoms with Gasteiger partial charge in [-0.2, -0.15) is 0 Å². The number of halogens is 1. The maximum absolute atomic E-state index is 12.2. The summed E-state index contributed by atoms with van der Waals surface area (Å²) < 4.78 is 1.57. The first-order valence-electron chi connectivity index (χ1n) is 8.91. The van der Waals surface area contributed by atoms with Crippen molar-refractivity contribution in [1.82, 2.24) is 9.88 Å². The van der Waals surface area contributed by atoms with Crippen LogP contribution >= 0.6 is 23.4 Å². The summed E-state index contributed by atoms with van der Waals surface area (Å²) in [6, 6.07) is 7.06. The average molecular weight is 391 g/mol. The number of thioether (sulfide) groups is 1. The molecular weight excluding hydrogens is 368 g/mol. The van der Waals surface area contributed by atoms with Gasteiger partial charge in [0, 0.05) is 35.0 Å². The van der Waals surface area contributed by atoms with Crippen LogP contribution in [-0.2, 0) is 11.8 Å². The molecule has 1 heterocycles. The fraction of sp³-hybridized carbons (Fsp3) is 0.400. The Kier molecular flexibility index (Phi) is 6.43. The number of aromatic nitrogens is 1. The third-order valence-corrected chi connectivity index (χ3v) is 5.97. The number of hydrogen-bond acceptors (Lipinski definition) is 3. The Morgan fingerprint density at radius 2 is 2.15 bits per heavy atom. The van der Waals surface area contributed by atoms with Gasteiger partial charge in [-0.15, -0.1) is 11.8 Å². The highest BCUT2D eigenvalue weighted by molar-refractivity contribution is 8.00. The van der Waals surface area contributed by atoms with Gasteiger partial charge in [0.2, 0.25) is 5.91 Å². The number of hydrogen-bond donors (Lipinski definition) is 1. The van der Waals surface area contributed by atoms with Crippen molar-refractivity contribution < 1.29 is 4.79 Å². The number of aryl methyl sites for hydroxylation is 1. The van der Waals surface area contributed by atoms with E-state index in [0.717, 1.165) is 28.6 Å². The number of carbonyl (C=O) groups excluding carboxylic acids is 1. The lowest BCUT2D eigenvalue weighted by molar-refractivity contribution is -0.118. The van der Waals surface area contributed by atoms with Crippen LogP contribution in [0.2, 0.25) is 5.02 Å². The molecule has 0 saturated carbocycles. The molecule has 1 aromatic heterocycles. The minimum absolute atomic E-state index is 0.00537. The highest BCUT2D eigenvalue weighted by Crippen LogP contribution is 2.28. The molecule has 0 radical (unpaired) electrons. The van der Waals surface area contributed by atoms with E-state index in [4.69, 9.17) is 11.6 Å². The molecule has 0 aliphatic heterocycles. The molecule has 1 aliphatic rings. The number of amides is 1. The quantitative estimate of drug-likeness (QED) is 0.591. The fourth-order valence-corrected chi connectivity index (χ4v) is 4.27. The average Bonchev–Trinajstić information content (AvgIpc) is 2.64. The van der Waals surface area contributed by atoms with Crippen molar-refractivity contribution in [2.45, 2.75) is 37.0 Å². The summed E-state index contributed by atoms with van der Waals surface area (Å²) in [4.78, 5) is 25.1. The van der Waals surface area contributed by atoms with Crippen LogP contribution in [0.4, 0.5) is 0 Å². The Bertz CT molecular complexity index is 905. The summed E-state index contributed by atoms with van der Waals surface area (Å²) in [5, 5.41) is 4.50. The molecule has 2 aromatic rings. The second-order valence-corrected chi connectivity index (χ2v) is 8.02. The summed E-state index contributed by atoms with van der Waals surface area (Å²) in [7, 11) is 1.72. The summed E-state index contributed by atoms with van der Waals surface area (Å²) in [6.45, 7) is 0.679. The van der Waals surface area contributed by atoms with Crippen molar-refractivity contribution >= 4 is 40.2 Å². The molecule has 0 fully saturated rings. The fourth-order valence-electron chi connectivity index (χ4n) is 3.20. The second kappa shape index (κ2) is 8.78. The lowest BCUT2D eigenvalue weighted by Crippen LogP contribution is -2.26. The van der Waals surface area contributed by atoms with E-state index in [0.29, 0.717) is 17.3 Å². The highest BCUT2D eigenvalue weighted by atomic mass is 35.5. The Morgan fingerprint density at radius 3 is 2.92 bits per heavy atom. The molecule has 0 spiro atoms. The lowest BCUT2D eigenvalue weighted by Gasteiger charge is -2.13. The third kappa shape index (κ3) is 4.71. The molecule has 138 valence electrons. The number of fused-ring (bicyclic) bond motifs is 1. The summed E-state index contributed by atoms with van der Waals surface area (Å²) >= 11 is 7.44. The molecule has 1 aromatic carbocycles. The first-order valence-corrected chi connectivity index (χ1v) is 10.3. The van der Waals surface area contributed by atoms with Gasteiger partial charge in [0.1, 0.15) is 0 Å². The van der Waals surface area contributed by atoms with E-state index in [1.807, 2.05) is 6.07 Å². The number of allylic oxidation sites excluding steroid dienone is 1. The summed E-state index contributed by atoms with van der Waals surface area (Å²) in [6.07, 6.45) is 8.11. The van der Waals surface area contributed by atoms with Crippen molar-refractivity contribution in [3.8, 4) is 0 Å². The van der Waals surface area contributed by atoms with E-state index >= 15 is 0 Å². The number of nitrogens with zero attached hydrogens (tertiary/aromatic N) is 1. The maximum Gasteiger partial charge on any atom is 0.251 e. The van der Waals surface area contributed by atoms with Crippen molar-refractivity contribution in [2.75, 3.05) is 12.3 Å². The largest absolute Gasteiger partial charge is 0.355 e. The minimum Gasteiger partial charge on any atom is -0.355 e. The van der Waals surface area contributed by atoms with Crippen molar-refractivity contribution in [2.24, 2.45) is 7.05 Å².